The number of rotatable bonds is 6. The van der Waals surface area contributed by atoms with Gasteiger partial charge in [-0.15, -0.1) is 0 Å². The molecule has 2 N–H and O–H groups in total. The molecule has 0 unspecified atom stereocenters. The lowest BCUT2D eigenvalue weighted by atomic mass is 10.0. The highest BCUT2D eigenvalue weighted by Crippen LogP contribution is 2.20. The number of fused-ring (bicyclic) bond motifs is 1. The Balaban J connectivity index is 1.64. The minimum atomic E-state index is -0.0774. The summed E-state index contributed by atoms with van der Waals surface area (Å²) in [5.74, 6) is 0. The van der Waals surface area contributed by atoms with E-state index in [0.717, 1.165) is 27.6 Å². The Morgan fingerprint density at radius 2 is 1.64 bits per heavy atom. The molecule has 3 aromatic carbocycles. The van der Waals surface area contributed by atoms with E-state index in [9.17, 15) is 4.79 Å². The second-order valence-electron chi connectivity index (χ2n) is 8.59. The van der Waals surface area contributed by atoms with E-state index in [4.69, 9.17) is 12.2 Å². The number of aromatic nitrogens is 1. The van der Waals surface area contributed by atoms with Crippen LogP contribution in [0.5, 0.6) is 0 Å². The van der Waals surface area contributed by atoms with Crippen molar-refractivity contribution in [2.45, 2.75) is 39.9 Å². The largest absolute Gasteiger partial charge is 0.356 e. The molecule has 0 fully saturated rings. The second-order valence-corrected chi connectivity index (χ2v) is 8.98. The van der Waals surface area contributed by atoms with Gasteiger partial charge in [0.15, 0.2) is 5.11 Å². The number of pyridine rings is 1. The molecular formula is C28H29N3OS. The van der Waals surface area contributed by atoms with Crippen LogP contribution in [-0.2, 0) is 13.1 Å². The minimum Gasteiger partial charge on any atom is -0.356 e. The van der Waals surface area contributed by atoms with E-state index >= 15 is 0 Å². The van der Waals surface area contributed by atoms with Gasteiger partial charge >= 0.3 is 0 Å². The van der Waals surface area contributed by atoms with E-state index in [1.54, 1.807) is 0 Å². The fourth-order valence-corrected chi connectivity index (χ4v) is 4.47. The SMILES string of the molecule is Cc1cc(C)c2[nH]c(=O)c(CN(Cc3ccccc3)C(=S)N[C@@H](C)c3ccccc3)cc2c1. The van der Waals surface area contributed by atoms with Gasteiger partial charge < -0.3 is 15.2 Å². The van der Waals surface area contributed by atoms with E-state index in [1.807, 2.05) is 49.4 Å². The van der Waals surface area contributed by atoms with Gasteiger partial charge in [0.1, 0.15) is 0 Å². The third kappa shape index (κ3) is 5.49. The molecule has 4 nitrogen and oxygen atoms in total. The van der Waals surface area contributed by atoms with Gasteiger partial charge in [0.05, 0.1) is 18.1 Å². The van der Waals surface area contributed by atoms with Crippen molar-refractivity contribution in [2.75, 3.05) is 0 Å². The number of nitrogens with zero attached hydrogens (tertiary/aromatic N) is 1. The lowest BCUT2D eigenvalue weighted by Gasteiger charge is -2.28. The number of H-pyrrole nitrogens is 1. The first-order valence-electron chi connectivity index (χ1n) is 11.2. The first kappa shape index (κ1) is 22.7. The molecule has 168 valence electrons. The molecule has 4 rings (SSSR count). The zero-order valence-corrected chi connectivity index (χ0v) is 20.1. The van der Waals surface area contributed by atoms with Gasteiger partial charge in [0.25, 0.3) is 5.56 Å². The second kappa shape index (κ2) is 10.0. The van der Waals surface area contributed by atoms with Gasteiger partial charge in [-0.3, -0.25) is 4.79 Å². The topological polar surface area (TPSA) is 48.1 Å². The molecule has 0 saturated heterocycles. The normalized spacial score (nSPS) is 11.8. The highest BCUT2D eigenvalue weighted by atomic mass is 32.1. The highest BCUT2D eigenvalue weighted by molar-refractivity contribution is 7.80. The molecule has 0 spiro atoms. The van der Waals surface area contributed by atoms with Gasteiger partial charge in [-0.1, -0.05) is 72.3 Å². The number of hydrogen-bond donors (Lipinski definition) is 2. The predicted octanol–water partition coefficient (Wildman–Crippen LogP) is 5.78. The van der Waals surface area contributed by atoms with Crippen LogP contribution < -0.4 is 10.9 Å². The Labute approximate surface area is 200 Å². The summed E-state index contributed by atoms with van der Waals surface area (Å²) in [6.07, 6.45) is 0. The summed E-state index contributed by atoms with van der Waals surface area (Å²) in [7, 11) is 0. The van der Waals surface area contributed by atoms with Crippen molar-refractivity contribution in [3.8, 4) is 0 Å². The van der Waals surface area contributed by atoms with E-state index in [1.165, 1.54) is 5.56 Å². The van der Waals surface area contributed by atoms with Crippen molar-refractivity contribution in [1.29, 1.82) is 0 Å². The van der Waals surface area contributed by atoms with Crippen molar-refractivity contribution >= 4 is 28.2 Å². The van der Waals surface area contributed by atoms with Crippen LogP contribution >= 0.6 is 12.2 Å². The van der Waals surface area contributed by atoms with Crippen LogP contribution in [0.15, 0.2) is 83.7 Å². The van der Waals surface area contributed by atoms with E-state index in [-0.39, 0.29) is 11.6 Å². The molecule has 0 bridgehead atoms. The van der Waals surface area contributed by atoms with Gasteiger partial charge in [-0.05, 0) is 67.2 Å². The summed E-state index contributed by atoms with van der Waals surface area (Å²) < 4.78 is 0. The molecule has 0 amide bonds. The molecule has 0 aliphatic heterocycles. The quantitative estimate of drug-likeness (QED) is 0.362. The average molecular weight is 456 g/mol. The number of aromatic amines is 1. The molecule has 1 heterocycles. The molecule has 5 heteroatoms. The minimum absolute atomic E-state index is 0.0529. The average Bonchev–Trinajstić information content (AvgIpc) is 2.81. The maximum absolute atomic E-state index is 13.0. The fraction of sp³-hybridized carbons (Fsp3) is 0.214. The van der Waals surface area contributed by atoms with Crippen LogP contribution in [0.3, 0.4) is 0 Å². The van der Waals surface area contributed by atoms with Crippen LogP contribution in [-0.4, -0.2) is 15.0 Å². The highest BCUT2D eigenvalue weighted by Gasteiger charge is 2.17. The maximum atomic E-state index is 13.0. The van der Waals surface area contributed by atoms with E-state index < -0.39 is 0 Å². The zero-order chi connectivity index (χ0) is 23.4. The van der Waals surface area contributed by atoms with Crippen molar-refractivity contribution in [3.63, 3.8) is 0 Å². The third-order valence-electron chi connectivity index (χ3n) is 5.87. The first-order valence-corrected chi connectivity index (χ1v) is 11.6. The predicted molar refractivity (Wildman–Crippen MR) is 140 cm³/mol. The van der Waals surface area contributed by atoms with E-state index in [2.05, 4.69) is 65.4 Å². The smallest absolute Gasteiger partial charge is 0.253 e. The van der Waals surface area contributed by atoms with Gasteiger partial charge in [0.2, 0.25) is 0 Å². The molecule has 0 aliphatic carbocycles. The molecular weight excluding hydrogens is 426 g/mol. The summed E-state index contributed by atoms with van der Waals surface area (Å²) in [6.45, 7) is 7.22. The van der Waals surface area contributed by atoms with E-state index in [0.29, 0.717) is 23.8 Å². The van der Waals surface area contributed by atoms with Crippen LogP contribution in [0.25, 0.3) is 10.9 Å². The molecule has 33 heavy (non-hydrogen) atoms. The summed E-state index contributed by atoms with van der Waals surface area (Å²) >= 11 is 5.83. The van der Waals surface area contributed by atoms with Crippen molar-refractivity contribution < 1.29 is 0 Å². The van der Waals surface area contributed by atoms with Crippen LogP contribution in [0.1, 0.15) is 40.8 Å². The number of hydrogen-bond acceptors (Lipinski definition) is 2. The summed E-state index contributed by atoms with van der Waals surface area (Å²) in [5.41, 5.74) is 6.05. The summed E-state index contributed by atoms with van der Waals surface area (Å²) in [5, 5.41) is 5.12. The first-order chi connectivity index (χ1) is 15.9. The number of thiocarbonyl (C=S) groups is 1. The fourth-order valence-electron chi connectivity index (χ4n) is 4.16. The van der Waals surface area contributed by atoms with Crippen molar-refractivity contribution in [1.82, 2.24) is 15.2 Å². The lowest BCUT2D eigenvalue weighted by molar-refractivity contribution is 0.392. The Morgan fingerprint density at radius 3 is 2.33 bits per heavy atom. The molecule has 0 saturated carbocycles. The molecule has 0 aliphatic rings. The lowest BCUT2D eigenvalue weighted by Crippen LogP contribution is -2.41. The van der Waals surface area contributed by atoms with Crippen molar-refractivity contribution in [3.05, 3.63) is 117 Å². The van der Waals surface area contributed by atoms with Gasteiger partial charge in [-0.25, -0.2) is 0 Å². The molecule has 4 aromatic rings. The van der Waals surface area contributed by atoms with Crippen LogP contribution in [0, 0.1) is 13.8 Å². The standard InChI is InChI=1S/C28H29N3OS/c1-19-14-20(2)26-24(15-19)16-25(27(32)30-26)18-31(17-22-10-6-4-7-11-22)28(33)29-21(3)23-12-8-5-9-13-23/h4-16,21H,17-18H2,1-3H3,(H,29,33)(H,30,32)/t21-/m0/s1. The Morgan fingerprint density at radius 1 is 0.970 bits per heavy atom. The number of benzene rings is 3. The summed E-state index contributed by atoms with van der Waals surface area (Å²) in [6, 6.07) is 26.7. The Bertz CT molecular complexity index is 1320. The van der Waals surface area contributed by atoms with Crippen molar-refractivity contribution in [2.24, 2.45) is 0 Å². The Hall–Kier alpha value is -3.44. The zero-order valence-electron chi connectivity index (χ0n) is 19.3. The maximum Gasteiger partial charge on any atom is 0.253 e. The number of nitrogens with one attached hydrogen (secondary N) is 2. The summed E-state index contributed by atoms with van der Waals surface area (Å²) in [4.78, 5) is 18.1. The Kier molecular flexibility index (Phi) is 6.90. The van der Waals surface area contributed by atoms with Crippen LogP contribution in [0.2, 0.25) is 0 Å². The number of aryl methyl sites for hydroxylation is 2. The third-order valence-corrected chi connectivity index (χ3v) is 6.25. The van der Waals surface area contributed by atoms with Crippen LogP contribution in [0.4, 0.5) is 0 Å². The monoisotopic (exact) mass is 455 g/mol. The molecule has 0 radical (unpaired) electrons. The van der Waals surface area contributed by atoms with Gasteiger partial charge in [0, 0.05) is 12.1 Å². The molecule has 1 aromatic heterocycles. The van der Waals surface area contributed by atoms with Gasteiger partial charge in [-0.2, -0.15) is 0 Å². The molecule has 1 atom stereocenters.